The zero-order valence-corrected chi connectivity index (χ0v) is 19.8. The van der Waals surface area contributed by atoms with Crippen molar-refractivity contribution in [1.29, 1.82) is 0 Å². The lowest BCUT2D eigenvalue weighted by Gasteiger charge is -2.35. The molecule has 1 amide bonds. The third-order valence-electron chi connectivity index (χ3n) is 5.93. The number of carbonyl (C=O) groups excluding carboxylic acids is 1. The Morgan fingerprint density at radius 3 is 2.46 bits per heavy atom. The summed E-state index contributed by atoms with van der Waals surface area (Å²) in [6.45, 7) is 2.30. The molecule has 1 atom stereocenters. The molecule has 0 unspecified atom stereocenters. The third kappa shape index (κ3) is 4.07. The highest BCUT2D eigenvalue weighted by atomic mass is 19.4. The first kappa shape index (κ1) is 24.5. The minimum Gasteiger partial charge on any atom is -0.491 e. The molecule has 0 fully saturated rings. The predicted octanol–water partition coefficient (Wildman–Crippen LogP) is 4.10. The second kappa shape index (κ2) is 8.84. The molecule has 3 aromatic heterocycles. The lowest BCUT2D eigenvalue weighted by atomic mass is 9.99. The van der Waals surface area contributed by atoms with Gasteiger partial charge in [-0.25, -0.2) is 9.97 Å². The van der Waals surface area contributed by atoms with Crippen LogP contribution in [0.5, 0.6) is 11.6 Å². The van der Waals surface area contributed by atoms with Gasteiger partial charge in [0.1, 0.15) is 12.2 Å². The van der Waals surface area contributed by atoms with Crippen LogP contribution in [-0.4, -0.2) is 53.2 Å². The number of halogens is 3. The Morgan fingerprint density at radius 2 is 1.86 bits per heavy atom. The molecule has 0 radical (unpaired) electrons. The number of nitrogens with zero attached hydrogens (tertiary/aromatic N) is 5. The Bertz CT molecular complexity index is 1270. The van der Waals surface area contributed by atoms with Gasteiger partial charge >= 0.3 is 6.18 Å². The number of fused-ring (bicyclic) bond motifs is 1. The highest BCUT2D eigenvalue weighted by Gasteiger charge is 2.53. The van der Waals surface area contributed by atoms with Gasteiger partial charge in [-0.1, -0.05) is 6.92 Å². The molecule has 0 saturated heterocycles. The van der Waals surface area contributed by atoms with Crippen LogP contribution in [0.3, 0.4) is 0 Å². The number of carbonyl (C=O) groups is 1. The summed E-state index contributed by atoms with van der Waals surface area (Å²) in [6, 6.07) is 3.46. The van der Waals surface area contributed by atoms with Crippen molar-refractivity contribution in [3.05, 3.63) is 47.5 Å². The SMILES string of the molecule is CC[C@@]1(OC)c2nc(-c3cnc(OC)c(OC)c3)cc(C)c2C(=O)N1c1cnn(CC(F)(F)F)c1. The van der Waals surface area contributed by atoms with E-state index in [2.05, 4.69) is 10.1 Å². The monoisotopic (exact) mass is 491 g/mol. The summed E-state index contributed by atoms with van der Waals surface area (Å²) in [4.78, 5) is 23.9. The van der Waals surface area contributed by atoms with E-state index in [0.29, 0.717) is 39.7 Å². The fourth-order valence-corrected chi connectivity index (χ4v) is 4.35. The first-order chi connectivity index (χ1) is 16.6. The number of hydrogen-bond acceptors (Lipinski definition) is 7. The maximum Gasteiger partial charge on any atom is 0.408 e. The first-order valence-electron chi connectivity index (χ1n) is 10.7. The van der Waals surface area contributed by atoms with Crippen molar-refractivity contribution in [2.45, 2.75) is 38.7 Å². The molecule has 35 heavy (non-hydrogen) atoms. The molecule has 0 N–H and O–H groups in total. The van der Waals surface area contributed by atoms with Crippen molar-refractivity contribution in [2.75, 3.05) is 26.2 Å². The Balaban J connectivity index is 1.84. The van der Waals surface area contributed by atoms with Crippen LogP contribution < -0.4 is 14.4 Å². The van der Waals surface area contributed by atoms with Gasteiger partial charge in [-0.2, -0.15) is 18.3 Å². The van der Waals surface area contributed by atoms with Crippen LogP contribution in [0, 0.1) is 6.92 Å². The van der Waals surface area contributed by atoms with Gasteiger partial charge in [-0.05, 0) is 31.0 Å². The molecule has 4 heterocycles. The van der Waals surface area contributed by atoms with Crippen molar-refractivity contribution < 1.29 is 32.2 Å². The Hall–Kier alpha value is -3.67. The summed E-state index contributed by atoms with van der Waals surface area (Å²) >= 11 is 0. The van der Waals surface area contributed by atoms with Gasteiger partial charge in [0.25, 0.3) is 11.8 Å². The molecule has 4 rings (SSSR count). The van der Waals surface area contributed by atoms with Crippen LogP contribution in [0.25, 0.3) is 11.3 Å². The number of alkyl halides is 3. The van der Waals surface area contributed by atoms with Crippen molar-refractivity contribution in [3.8, 4) is 22.9 Å². The zero-order valence-electron chi connectivity index (χ0n) is 19.8. The number of methoxy groups -OCH3 is 3. The topological polar surface area (TPSA) is 91.6 Å². The standard InChI is InChI=1S/C23H24F3N5O4/c1-6-22(35-5)19-18(21(32)31(22)15-10-28-30(11-15)12-23(24,25)26)13(2)7-16(29-19)14-8-17(33-3)20(34-4)27-9-14/h7-11H,6,12H2,1-5H3/t22-/m1/s1. The first-order valence-corrected chi connectivity index (χ1v) is 10.7. The second-order valence-electron chi connectivity index (χ2n) is 7.98. The summed E-state index contributed by atoms with van der Waals surface area (Å²) in [6.07, 6.45) is -0.202. The van der Waals surface area contributed by atoms with Gasteiger partial charge in [-0.15, -0.1) is 0 Å². The second-order valence-corrected chi connectivity index (χ2v) is 7.98. The van der Waals surface area contributed by atoms with E-state index in [1.807, 2.05) is 0 Å². The lowest BCUT2D eigenvalue weighted by molar-refractivity contribution is -0.142. The minimum atomic E-state index is -4.45. The average Bonchev–Trinajstić information content (AvgIpc) is 3.36. The molecule has 1 aliphatic rings. The Labute approximate surface area is 199 Å². The summed E-state index contributed by atoms with van der Waals surface area (Å²) < 4.78 is 55.7. The Morgan fingerprint density at radius 1 is 1.11 bits per heavy atom. The van der Waals surface area contributed by atoms with Crippen molar-refractivity contribution >= 4 is 11.6 Å². The van der Waals surface area contributed by atoms with Gasteiger partial charge < -0.3 is 14.2 Å². The van der Waals surface area contributed by atoms with Crippen LogP contribution >= 0.6 is 0 Å². The van der Waals surface area contributed by atoms with E-state index in [0.717, 1.165) is 4.68 Å². The van der Waals surface area contributed by atoms with E-state index in [4.69, 9.17) is 19.2 Å². The van der Waals surface area contributed by atoms with Gasteiger partial charge in [0.15, 0.2) is 11.5 Å². The number of hydrogen-bond donors (Lipinski definition) is 0. The summed E-state index contributed by atoms with van der Waals surface area (Å²) in [5.41, 5.74) is 1.30. The van der Waals surface area contributed by atoms with Crippen molar-refractivity contribution in [1.82, 2.24) is 19.7 Å². The van der Waals surface area contributed by atoms with Crippen LogP contribution in [0.2, 0.25) is 0 Å². The van der Waals surface area contributed by atoms with E-state index in [1.54, 1.807) is 32.2 Å². The van der Waals surface area contributed by atoms with E-state index in [-0.39, 0.29) is 12.1 Å². The molecule has 12 heteroatoms. The fraction of sp³-hybridized carbons (Fsp3) is 0.391. The summed E-state index contributed by atoms with van der Waals surface area (Å²) in [5, 5.41) is 3.79. The highest BCUT2D eigenvalue weighted by molar-refractivity contribution is 6.12. The molecule has 186 valence electrons. The van der Waals surface area contributed by atoms with E-state index in [1.165, 1.54) is 38.6 Å². The quantitative estimate of drug-likeness (QED) is 0.492. The molecule has 0 aliphatic carbocycles. The highest BCUT2D eigenvalue weighted by Crippen LogP contribution is 2.46. The van der Waals surface area contributed by atoms with Gasteiger partial charge in [-0.3, -0.25) is 14.4 Å². The zero-order chi connectivity index (χ0) is 25.5. The third-order valence-corrected chi connectivity index (χ3v) is 5.93. The van der Waals surface area contributed by atoms with E-state index in [9.17, 15) is 18.0 Å². The number of ether oxygens (including phenoxy) is 3. The van der Waals surface area contributed by atoms with Gasteiger partial charge in [0.05, 0.1) is 37.4 Å². The molecule has 3 aromatic rings. The Kier molecular flexibility index (Phi) is 6.18. The van der Waals surface area contributed by atoms with Crippen molar-refractivity contribution in [3.63, 3.8) is 0 Å². The smallest absolute Gasteiger partial charge is 0.408 e. The molecule has 0 spiro atoms. The van der Waals surface area contributed by atoms with Crippen LogP contribution in [0.1, 0.15) is 35.0 Å². The van der Waals surface area contributed by atoms with E-state index >= 15 is 0 Å². The molecular weight excluding hydrogens is 467 g/mol. The van der Waals surface area contributed by atoms with Crippen LogP contribution in [0.4, 0.5) is 18.9 Å². The maximum absolute atomic E-state index is 13.6. The molecule has 1 aliphatic heterocycles. The maximum atomic E-state index is 13.6. The predicted molar refractivity (Wildman–Crippen MR) is 119 cm³/mol. The van der Waals surface area contributed by atoms with Crippen molar-refractivity contribution in [2.24, 2.45) is 0 Å². The fourth-order valence-electron chi connectivity index (χ4n) is 4.35. The largest absolute Gasteiger partial charge is 0.491 e. The number of pyridine rings is 2. The minimum absolute atomic E-state index is 0.176. The average molecular weight is 491 g/mol. The number of anilines is 1. The number of aryl methyl sites for hydroxylation is 1. The van der Waals surface area contributed by atoms with Gasteiger partial charge in [0.2, 0.25) is 0 Å². The van der Waals surface area contributed by atoms with Crippen LogP contribution in [-0.2, 0) is 17.0 Å². The van der Waals surface area contributed by atoms with Crippen LogP contribution in [0.15, 0.2) is 30.7 Å². The molecule has 0 aromatic carbocycles. The number of rotatable bonds is 7. The summed E-state index contributed by atoms with van der Waals surface area (Å²) in [7, 11) is 4.40. The normalized spacial score (nSPS) is 17.6. The summed E-state index contributed by atoms with van der Waals surface area (Å²) in [5.74, 6) is 0.289. The lowest BCUT2D eigenvalue weighted by Crippen LogP contribution is -2.45. The molecular formula is C23H24F3N5O4. The number of amides is 1. The van der Waals surface area contributed by atoms with E-state index < -0.39 is 24.4 Å². The van der Waals surface area contributed by atoms with Gasteiger partial charge in [0, 0.05) is 25.1 Å². The molecule has 0 saturated carbocycles. The molecule has 0 bridgehead atoms. The number of aromatic nitrogens is 4. The molecule has 9 nitrogen and oxygen atoms in total.